The summed E-state index contributed by atoms with van der Waals surface area (Å²) in [6.07, 6.45) is 4.76. The van der Waals surface area contributed by atoms with Gasteiger partial charge in [-0.1, -0.05) is 0 Å². The summed E-state index contributed by atoms with van der Waals surface area (Å²) in [4.78, 5) is 9.49. The molecule has 0 aromatic carbocycles. The Morgan fingerprint density at radius 3 is 3.00 bits per heavy atom. The van der Waals surface area contributed by atoms with Crippen LogP contribution in [0, 0.1) is 0 Å². The predicted molar refractivity (Wildman–Crippen MR) is 76.9 cm³/mol. The number of nitrogens with zero attached hydrogens (tertiary/aromatic N) is 3. The summed E-state index contributed by atoms with van der Waals surface area (Å²) in [5, 5.41) is 0. The average Bonchev–Trinajstić information content (AvgIpc) is 2.77. The zero-order valence-corrected chi connectivity index (χ0v) is 12.0. The number of hydrogen-bond donors (Lipinski definition) is 2. The highest BCUT2D eigenvalue weighted by Gasteiger charge is 2.29. The fourth-order valence-electron chi connectivity index (χ4n) is 3.03. The molecule has 19 heavy (non-hydrogen) atoms. The molecule has 6 nitrogen and oxygen atoms in total. The normalized spacial score (nSPS) is 25.3. The number of hydrazine groups is 1. The Kier molecular flexibility index (Phi) is 5.88. The van der Waals surface area contributed by atoms with Crippen molar-refractivity contribution in [1.29, 1.82) is 0 Å². The molecule has 0 saturated carbocycles. The molecule has 6 heteroatoms. The molecular formula is C13H27N5O. The second-order valence-corrected chi connectivity index (χ2v) is 5.33. The molecule has 1 unspecified atom stereocenters. The van der Waals surface area contributed by atoms with Gasteiger partial charge in [0, 0.05) is 45.9 Å². The standard InChI is InChI=1S/C13H27N5O/c1-19-10-3-6-15-13(16-14)18-9-4-8-17-7-2-5-12(17)11-18/h12H,2-11,14H2,1H3,(H,15,16). The van der Waals surface area contributed by atoms with Crippen molar-refractivity contribution in [2.24, 2.45) is 10.8 Å². The third kappa shape index (κ3) is 4.06. The van der Waals surface area contributed by atoms with Crippen molar-refractivity contribution in [3.8, 4) is 0 Å². The Balaban J connectivity index is 1.89. The van der Waals surface area contributed by atoms with Crippen LogP contribution in [-0.2, 0) is 4.74 Å². The average molecular weight is 269 g/mol. The zero-order chi connectivity index (χ0) is 13.5. The van der Waals surface area contributed by atoms with Crippen molar-refractivity contribution in [3.05, 3.63) is 0 Å². The van der Waals surface area contributed by atoms with E-state index in [1.807, 2.05) is 0 Å². The monoisotopic (exact) mass is 269 g/mol. The van der Waals surface area contributed by atoms with Gasteiger partial charge in [0.1, 0.15) is 0 Å². The van der Waals surface area contributed by atoms with Crippen LogP contribution in [0.2, 0.25) is 0 Å². The first-order chi connectivity index (χ1) is 9.35. The Morgan fingerprint density at radius 2 is 2.21 bits per heavy atom. The van der Waals surface area contributed by atoms with Crippen LogP contribution >= 0.6 is 0 Å². The molecule has 0 aliphatic carbocycles. The van der Waals surface area contributed by atoms with Gasteiger partial charge in [-0.2, -0.15) is 0 Å². The molecule has 0 radical (unpaired) electrons. The van der Waals surface area contributed by atoms with Gasteiger partial charge in [0.2, 0.25) is 5.96 Å². The van der Waals surface area contributed by atoms with Gasteiger partial charge in [-0.3, -0.25) is 15.3 Å². The lowest BCUT2D eigenvalue weighted by Crippen LogP contribution is -2.48. The summed E-state index contributed by atoms with van der Waals surface area (Å²) in [6.45, 7) is 6.07. The number of rotatable bonds is 4. The van der Waals surface area contributed by atoms with E-state index >= 15 is 0 Å². The third-order valence-corrected chi connectivity index (χ3v) is 4.00. The summed E-state index contributed by atoms with van der Waals surface area (Å²) >= 11 is 0. The maximum Gasteiger partial charge on any atom is 0.208 e. The number of ether oxygens (including phenoxy) is 1. The summed E-state index contributed by atoms with van der Waals surface area (Å²) in [5.41, 5.74) is 2.77. The number of methoxy groups -OCH3 is 1. The first-order valence-electron chi connectivity index (χ1n) is 7.34. The van der Waals surface area contributed by atoms with Crippen LogP contribution in [0.15, 0.2) is 4.99 Å². The Bertz CT molecular complexity index is 297. The topological polar surface area (TPSA) is 66.1 Å². The zero-order valence-electron chi connectivity index (χ0n) is 12.0. The molecule has 2 rings (SSSR count). The maximum absolute atomic E-state index is 5.64. The number of nitrogens with one attached hydrogen (secondary N) is 1. The van der Waals surface area contributed by atoms with E-state index in [1.165, 1.54) is 32.4 Å². The molecule has 1 atom stereocenters. The molecule has 0 bridgehead atoms. The summed E-state index contributed by atoms with van der Waals surface area (Å²) in [7, 11) is 1.72. The lowest BCUT2D eigenvalue weighted by molar-refractivity contribution is 0.196. The largest absolute Gasteiger partial charge is 0.385 e. The van der Waals surface area contributed by atoms with E-state index in [0.717, 1.165) is 38.6 Å². The van der Waals surface area contributed by atoms with Crippen LogP contribution in [0.1, 0.15) is 25.7 Å². The molecular weight excluding hydrogens is 242 g/mol. The highest BCUT2D eigenvalue weighted by Crippen LogP contribution is 2.21. The highest BCUT2D eigenvalue weighted by atomic mass is 16.5. The second kappa shape index (κ2) is 7.67. The quantitative estimate of drug-likeness (QED) is 0.247. The minimum Gasteiger partial charge on any atom is -0.385 e. The van der Waals surface area contributed by atoms with Gasteiger partial charge < -0.3 is 9.64 Å². The van der Waals surface area contributed by atoms with Crippen molar-refractivity contribution in [2.45, 2.75) is 31.7 Å². The van der Waals surface area contributed by atoms with E-state index in [2.05, 4.69) is 20.2 Å². The molecule has 0 spiro atoms. The van der Waals surface area contributed by atoms with Gasteiger partial charge in [0.25, 0.3) is 0 Å². The molecule has 0 aromatic rings. The fraction of sp³-hybridized carbons (Fsp3) is 0.923. The molecule has 2 fully saturated rings. The van der Waals surface area contributed by atoms with Gasteiger partial charge >= 0.3 is 0 Å². The molecule has 3 N–H and O–H groups in total. The smallest absolute Gasteiger partial charge is 0.208 e. The van der Waals surface area contributed by atoms with Crippen LogP contribution in [0.4, 0.5) is 0 Å². The van der Waals surface area contributed by atoms with Gasteiger partial charge in [0.15, 0.2) is 0 Å². The number of fused-ring (bicyclic) bond motifs is 1. The lowest BCUT2D eigenvalue weighted by Gasteiger charge is -2.27. The SMILES string of the molecule is COCCCN=C(NN)N1CCCN2CCCC2C1. The highest BCUT2D eigenvalue weighted by molar-refractivity contribution is 5.79. The molecule has 2 aliphatic heterocycles. The maximum atomic E-state index is 5.64. The van der Waals surface area contributed by atoms with Gasteiger partial charge in [-0.05, 0) is 32.2 Å². The van der Waals surface area contributed by atoms with Crippen molar-refractivity contribution in [3.63, 3.8) is 0 Å². The first kappa shape index (κ1) is 14.6. The molecule has 2 saturated heterocycles. The van der Waals surface area contributed by atoms with Gasteiger partial charge in [-0.15, -0.1) is 0 Å². The third-order valence-electron chi connectivity index (χ3n) is 4.00. The molecule has 0 aromatic heterocycles. The summed E-state index contributed by atoms with van der Waals surface area (Å²) < 4.78 is 5.04. The lowest BCUT2D eigenvalue weighted by atomic mass is 10.2. The van der Waals surface area contributed by atoms with E-state index < -0.39 is 0 Å². The van der Waals surface area contributed by atoms with E-state index in [1.54, 1.807) is 7.11 Å². The van der Waals surface area contributed by atoms with Crippen molar-refractivity contribution >= 4 is 5.96 Å². The van der Waals surface area contributed by atoms with Crippen LogP contribution < -0.4 is 11.3 Å². The minimum absolute atomic E-state index is 0.681. The number of guanidine groups is 1. The van der Waals surface area contributed by atoms with Crippen LogP contribution in [0.5, 0.6) is 0 Å². The van der Waals surface area contributed by atoms with Crippen molar-refractivity contribution < 1.29 is 4.74 Å². The number of hydrogen-bond acceptors (Lipinski definition) is 4. The van der Waals surface area contributed by atoms with Crippen molar-refractivity contribution in [1.82, 2.24) is 15.2 Å². The van der Waals surface area contributed by atoms with Crippen LogP contribution in [-0.4, -0.2) is 68.2 Å². The van der Waals surface area contributed by atoms with E-state index in [9.17, 15) is 0 Å². The second-order valence-electron chi connectivity index (χ2n) is 5.33. The molecule has 2 aliphatic rings. The molecule has 2 heterocycles. The molecule has 110 valence electrons. The van der Waals surface area contributed by atoms with Gasteiger partial charge in [0.05, 0.1) is 0 Å². The fourth-order valence-corrected chi connectivity index (χ4v) is 3.03. The Morgan fingerprint density at radius 1 is 1.37 bits per heavy atom. The van der Waals surface area contributed by atoms with E-state index in [-0.39, 0.29) is 0 Å². The Labute approximate surface area is 115 Å². The van der Waals surface area contributed by atoms with Crippen molar-refractivity contribution in [2.75, 3.05) is 46.4 Å². The van der Waals surface area contributed by atoms with Crippen LogP contribution in [0.3, 0.4) is 0 Å². The van der Waals surface area contributed by atoms with E-state index in [4.69, 9.17) is 10.6 Å². The molecule has 0 amide bonds. The van der Waals surface area contributed by atoms with E-state index in [0.29, 0.717) is 6.04 Å². The number of nitrogens with two attached hydrogens (primary N) is 1. The summed E-state index contributed by atoms with van der Waals surface area (Å²) in [5.74, 6) is 6.48. The van der Waals surface area contributed by atoms with Gasteiger partial charge in [-0.25, -0.2) is 5.84 Å². The summed E-state index contributed by atoms with van der Waals surface area (Å²) in [6, 6.07) is 0.681. The first-order valence-corrected chi connectivity index (χ1v) is 7.34. The minimum atomic E-state index is 0.681. The van der Waals surface area contributed by atoms with Crippen LogP contribution in [0.25, 0.3) is 0 Å². The predicted octanol–water partition coefficient (Wildman–Crippen LogP) is 0.0123. The number of aliphatic imine (C=N–C) groups is 1. The Hall–Kier alpha value is -0.850.